The Kier molecular flexibility index (Phi) is 16.9. The first-order chi connectivity index (χ1) is 52.5. The first-order valence-electron chi connectivity index (χ1n) is 37.1. The van der Waals surface area contributed by atoms with Gasteiger partial charge in [-0.3, -0.25) is 0 Å². The third-order valence-corrected chi connectivity index (χ3v) is 23.5. The zero-order valence-corrected chi connectivity index (χ0v) is 61.9. The average molecular weight is 1440 g/mol. The van der Waals surface area contributed by atoms with Gasteiger partial charge in [-0.2, -0.15) is 0 Å². The van der Waals surface area contributed by atoms with E-state index < -0.39 is 10.8 Å². The van der Waals surface area contributed by atoms with Gasteiger partial charge in [0.05, 0.1) is 28.1 Å². The average Bonchev–Trinajstić information content (AvgIpc) is 1.58. The molecule has 0 spiro atoms. The summed E-state index contributed by atoms with van der Waals surface area (Å²) < 4.78 is 1.12. The molecule has 0 saturated heterocycles. The van der Waals surface area contributed by atoms with E-state index in [1.54, 1.807) is 0 Å². The molecule has 15 aromatic carbocycles. The molecule has 1 atom stereocenters. The van der Waals surface area contributed by atoms with Gasteiger partial charge < -0.3 is 10.2 Å². The zero-order chi connectivity index (χ0) is 72.3. The lowest BCUT2D eigenvalue weighted by atomic mass is 9.66. The second-order valence-corrected chi connectivity index (χ2v) is 30.5. The first-order valence-corrected chi connectivity index (χ1v) is 37.9. The second kappa shape index (κ2) is 27.2. The molecule has 0 saturated carbocycles. The fraction of sp³-hybridized carbons (Fsp3) is 0.0769. The number of halogens is 1. The summed E-state index contributed by atoms with van der Waals surface area (Å²) >= 11 is 3.42. The molecular formula is C104H78BrN2+. The summed E-state index contributed by atoms with van der Waals surface area (Å²) in [6, 6.07) is 137. The molecule has 107 heavy (non-hydrogen) atoms. The van der Waals surface area contributed by atoms with E-state index in [4.69, 9.17) is 0 Å². The van der Waals surface area contributed by atoms with Gasteiger partial charge in [0.15, 0.2) is 0 Å². The van der Waals surface area contributed by atoms with Gasteiger partial charge in [-0.25, -0.2) is 0 Å². The third kappa shape index (κ3) is 11.3. The van der Waals surface area contributed by atoms with Crippen LogP contribution in [0.25, 0.3) is 61.2 Å². The maximum atomic E-state index is 3.77. The quantitative estimate of drug-likeness (QED) is 0.130. The summed E-state index contributed by atoms with van der Waals surface area (Å²) in [5.74, 6) is 0. The molecule has 1 unspecified atom stereocenters. The topological polar surface area (TPSA) is 15.3 Å². The number of anilines is 5. The zero-order valence-electron chi connectivity index (χ0n) is 60.4. The van der Waals surface area contributed by atoms with Crippen molar-refractivity contribution in [1.82, 2.24) is 0 Å². The molecule has 510 valence electrons. The highest BCUT2D eigenvalue weighted by atomic mass is 79.9. The van der Waals surface area contributed by atoms with Crippen molar-refractivity contribution in [1.29, 1.82) is 0 Å². The smallest absolute Gasteiger partial charge is 0.111 e. The van der Waals surface area contributed by atoms with Gasteiger partial charge in [0, 0.05) is 55.4 Å². The molecule has 5 aliphatic carbocycles. The van der Waals surface area contributed by atoms with Crippen LogP contribution in [0.1, 0.15) is 94.5 Å². The van der Waals surface area contributed by atoms with Gasteiger partial charge in [-0.1, -0.05) is 341 Å². The Morgan fingerprint density at radius 1 is 0.280 bits per heavy atom. The van der Waals surface area contributed by atoms with Crippen molar-refractivity contribution in [2.75, 3.05) is 10.2 Å². The fourth-order valence-electron chi connectivity index (χ4n) is 18.0. The fourth-order valence-corrected chi connectivity index (χ4v) is 18.3. The van der Waals surface area contributed by atoms with Gasteiger partial charge >= 0.3 is 0 Å². The minimum atomic E-state index is -0.477. The van der Waals surface area contributed by atoms with Crippen LogP contribution in [0.4, 0.5) is 28.4 Å². The number of benzene rings is 15. The van der Waals surface area contributed by atoms with Crippen LogP contribution in [0.3, 0.4) is 0 Å². The van der Waals surface area contributed by atoms with E-state index >= 15 is 0 Å². The molecule has 0 aliphatic heterocycles. The van der Waals surface area contributed by atoms with E-state index in [9.17, 15) is 0 Å². The Morgan fingerprint density at radius 3 is 1.22 bits per heavy atom. The van der Waals surface area contributed by atoms with Crippen molar-refractivity contribution in [3.05, 3.63) is 477 Å². The molecule has 15 aromatic rings. The summed E-state index contributed by atoms with van der Waals surface area (Å²) in [6.45, 7) is 9.38. The van der Waals surface area contributed by atoms with Crippen molar-refractivity contribution in [2.24, 2.45) is 0 Å². The molecule has 0 heterocycles. The van der Waals surface area contributed by atoms with E-state index in [2.05, 4.69) is 448 Å². The number of hydrogen-bond donors (Lipinski definition) is 1. The lowest BCUT2D eigenvalue weighted by Gasteiger charge is -2.35. The monoisotopic (exact) mass is 1430 g/mol. The van der Waals surface area contributed by atoms with Crippen LogP contribution in [0.5, 0.6) is 0 Å². The number of fused-ring (bicyclic) bond motifs is 11. The van der Waals surface area contributed by atoms with Gasteiger partial charge in [-0.05, 0) is 196 Å². The van der Waals surface area contributed by atoms with Crippen LogP contribution in [0, 0.1) is 6.08 Å². The maximum absolute atomic E-state index is 3.77. The van der Waals surface area contributed by atoms with Gasteiger partial charge in [0.1, 0.15) is 12.2 Å². The Labute approximate surface area is 637 Å². The van der Waals surface area contributed by atoms with Crippen LogP contribution < -0.4 is 10.2 Å². The number of nitrogens with zero attached hydrogens (tertiary/aromatic N) is 1. The van der Waals surface area contributed by atoms with Crippen LogP contribution in [0.2, 0.25) is 0 Å². The van der Waals surface area contributed by atoms with E-state index in [-0.39, 0.29) is 10.8 Å². The molecule has 2 nitrogen and oxygen atoms in total. The Bertz CT molecular complexity index is 5920. The normalized spacial score (nSPS) is 15.4. The van der Waals surface area contributed by atoms with Crippen molar-refractivity contribution < 1.29 is 0 Å². The minimum absolute atomic E-state index is 0.0306. The lowest BCUT2D eigenvalue weighted by molar-refractivity contribution is 0.660. The van der Waals surface area contributed by atoms with Crippen molar-refractivity contribution >= 4 is 49.9 Å². The van der Waals surface area contributed by atoms with Crippen LogP contribution in [-0.2, 0) is 21.7 Å². The molecule has 20 rings (SSSR count). The van der Waals surface area contributed by atoms with Crippen LogP contribution >= 0.6 is 15.9 Å². The molecule has 3 heteroatoms. The van der Waals surface area contributed by atoms with Gasteiger partial charge in [-0.15, -0.1) is 0 Å². The molecule has 1 N–H and O–H groups in total. The largest absolute Gasteiger partial charge is 0.356 e. The lowest BCUT2D eigenvalue weighted by Crippen LogP contribution is -2.29. The van der Waals surface area contributed by atoms with E-state index in [0.717, 1.165) is 32.9 Å². The van der Waals surface area contributed by atoms with E-state index in [1.165, 1.54) is 134 Å². The highest BCUT2D eigenvalue weighted by Gasteiger charge is 2.52. The second-order valence-electron chi connectivity index (χ2n) is 29.5. The molecule has 0 bridgehead atoms. The summed E-state index contributed by atoms with van der Waals surface area (Å²) in [6.07, 6.45) is 9.79. The summed E-state index contributed by atoms with van der Waals surface area (Å²) in [7, 11) is 0. The molecule has 0 fully saturated rings. The molecular weight excluding hydrogens is 1360 g/mol. The number of nitrogens with one attached hydrogen (secondary N) is 1. The standard InChI is InChI=1S/C52H39N.C40H30N.C12H9Br/c1-51(2)47-25-12-9-22-43(47)46-33-32-42(35-50(46)51)53(40-30-28-37(29-31-40)36-16-5-3-6-17-36)41-21-15-20-39(34-41)52(38-18-7-4-8-19-38)48-26-13-10-23-44(48)45-24-11-14-27-49(45)52;1-39(2)35-20-9-6-17-31(35)34-24-23-30(26-38(34)39)41-29-16-12-15-28(25-29)40(27-13-4-3-5-14-27)36-21-10-7-18-32(36)33-19-8-11-22-37(33)40;13-12-8-6-11(7-9-12)10-4-2-1-3-5-10/h3-35H,1-2H3;3-7,9-26,41H,1-2H3;1-9H/q;+1;. The predicted octanol–water partition coefficient (Wildman–Crippen LogP) is 27.4. The van der Waals surface area contributed by atoms with Crippen LogP contribution in [0.15, 0.2) is 404 Å². The number of allylic oxidation sites excluding steroid dienone is 6. The summed E-state index contributed by atoms with van der Waals surface area (Å²) in [5, 5.41) is 3.77. The highest BCUT2D eigenvalue weighted by Crippen LogP contribution is 2.59. The Morgan fingerprint density at radius 2 is 0.664 bits per heavy atom. The molecule has 0 amide bonds. The highest BCUT2D eigenvalue weighted by molar-refractivity contribution is 9.10. The van der Waals surface area contributed by atoms with Crippen molar-refractivity contribution in [3.63, 3.8) is 0 Å². The predicted molar refractivity (Wildman–Crippen MR) is 451 cm³/mol. The van der Waals surface area contributed by atoms with E-state index in [1.807, 2.05) is 6.07 Å². The molecule has 5 aliphatic rings. The third-order valence-electron chi connectivity index (χ3n) is 23.0. The first kappa shape index (κ1) is 66.5. The maximum Gasteiger partial charge on any atom is 0.111 e. The van der Waals surface area contributed by atoms with E-state index in [0.29, 0.717) is 0 Å². The molecule has 0 aromatic heterocycles. The Balaban J connectivity index is 0.000000132. The minimum Gasteiger partial charge on any atom is -0.356 e. The number of rotatable bonds is 11. The molecule has 0 radical (unpaired) electrons. The van der Waals surface area contributed by atoms with Crippen LogP contribution in [-0.4, -0.2) is 0 Å². The van der Waals surface area contributed by atoms with Crippen molar-refractivity contribution in [3.8, 4) is 55.6 Å². The van der Waals surface area contributed by atoms with Gasteiger partial charge in [0.25, 0.3) is 0 Å². The Hall–Kier alpha value is -12.5. The summed E-state index contributed by atoms with van der Waals surface area (Å²) in [4.78, 5) is 2.45. The van der Waals surface area contributed by atoms with Crippen molar-refractivity contribution in [2.45, 2.75) is 49.4 Å². The number of hydrogen-bond acceptors (Lipinski definition) is 2. The SMILES string of the molecule is Brc1ccc(-c2ccccc2)cc1.CC1(C)c2ccccc2-c2ccc(N(c3ccc(-c4ccccc4)cc3)c3cccc(C4(c5ccccc5)c5ccccc5-c5ccccc54)c3)cc21.CC1(C)c2ccccc2-c2ccc(Nc3cccc(C4(c5ccccc5)C5=C(C=[C+]C=C5)c5ccccc54)c3)cc21. The van der Waals surface area contributed by atoms with Gasteiger partial charge in [0.2, 0.25) is 0 Å². The summed E-state index contributed by atoms with van der Waals surface area (Å²) in [5.41, 5.74) is 35.8.